The molecule has 0 saturated heterocycles. The lowest BCUT2D eigenvalue weighted by Crippen LogP contribution is -2.38. The van der Waals surface area contributed by atoms with Crippen LogP contribution in [0, 0.1) is 11.3 Å². The van der Waals surface area contributed by atoms with Crippen molar-refractivity contribution in [2.75, 3.05) is 0 Å². The second-order valence-electron chi connectivity index (χ2n) is 6.16. The number of aliphatic hydroxyl groups is 1. The first kappa shape index (κ1) is 18.0. The van der Waals surface area contributed by atoms with Crippen molar-refractivity contribution in [2.45, 2.75) is 51.9 Å². The molecule has 0 spiro atoms. The highest BCUT2D eigenvalue weighted by atomic mass is 16.6. The van der Waals surface area contributed by atoms with Gasteiger partial charge in [-0.05, 0) is 45.4 Å². The highest BCUT2D eigenvalue weighted by molar-refractivity contribution is 5.67. The topological polar surface area (TPSA) is 93.8 Å². The van der Waals surface area contributed by atoms with E-state index in [2.05, 4.69) is 0 Å². The van der Waals surface area contributed by atoms with Crippen LogP contribution in [0.25, 0.3) is 0 Å². The number of nitriles is 1. The molecule has 6 nitrogen and oxygen atoms in total. The summed E-state index contributed by atoms with van der Waals surface area (Å²) in [6.07, 6.45) is -1.47. The molecule has 1 rings (SSSR count). The van der Waals surface area contributed by atoms with Crippen LogP contribution in [0.3, 0.4) is 0 Å². The van der Waals surface area contributed by atoms with Crippen LogP contribution in [-0.4, -0.2) is 33.2 Å². The summed E-state index contributed by atoms with van der Waals surface area (Å²) in [4.78, 5) is 12.0. The lowest BCUT2D eigenvalue weighted by molar-refractivity contribution is -0.128. The molecule has 120 valence electrons. The Bertz CT molecular complexity index is 541. The molecule has 1 amide bonds. The van der Waals surface area contributed by atoms with E-state index in [-0.39, 0.29) is 6.42 Å². The number of amides is 1. The number of carbonyl (C=O) groups excluding carboxylic acids is 1. The minimum absolute atomic E-state index is 0.141. The highest BCUT2D eigenvalue weighted by Gasteiger charge is 2.29. The van der Waals surface area contributed by atoms with Crippen molar-refractivity contribution in [1.82, 2.24) is 5.06 Å². The zero-order valence-electron chi connectivity index (χ0n) is 13.3. The first-order chi connectivity index (χ1) is 10.1. The van der Waals surface area contributed by atoms with E-state index in [1.165, 1.54) is 0 Å². The van der Waals surface area contributed by atoms with Gasteiger partial charge in [0.1, 0.15) is 5.60 Å². The van der Waals surface area contributed by atoms with Gasteiger partial charge in [0.25, 0.3) is 0 Å². The van der Waals surface area contributed by atoms with Crippen LogP contribution in [0.4, 0.5) is 4.79 Å². The average molecular weight is 306 g/mol. The molecule has 6 heteroatoms. The summed E-state index contributed by atoms with van der Waals surface area (Å²) in [5.74, 6) is 0. The van der Waals surface area contributed by atoms with Crippen LogP contribution >= 0.6 is 0 Å². The van der Waals surface area contributed by atoms with Crippen molar-refractivity contribution < 1.29 is 19.8 Å². The quantitative estimate of drug-likeness (QED) is 0.659. The van der Waals surface area contributed by atoms with Crippen molar-refractivity contribution in [3.05, 3.63) is 35.4 Å². The number of rotatable bonds is 4. The Labute approximate surface area is 130 Å². The van der Waals surface area contributed by atoms with Crippen LogP contribution in [-0.2, 0) is 4.74 Å². The van der Waals surface area contributed by atoms with Crippen LogP contribution < -0.4 is 0 Å². The lowest BCUT2D eigenvalue weighted by atomic mass is 10.00. The molecule has 1 unspecified atom stereocenters. The van der Waals surface area contributed by atoms with E-state index in [1.54, 1.807) is 52.0 Å². The largest absolute Gasteiger partial charge is 0.442 e. The smallest absolute Gasteiger partial charge is 0.434 e. The Morgan fingerprint density at radius 1 is 1.36 bits per heavy atom. The van der Waals surface area contributed by atoms with E-state index in [0.29, 0.717) is 16.2 Å². The molecule has 1 aromatic carbocycles. The van der Waals surface area contributed by atoms with E-state index < -0.39 is 23.8 Å². The molecule has 0 radical (unpaired) electrons. The Kier molecular flexibility index (Phi) is 5.92. The molecule has 0 aliphatic rings. The van der Waals surface area contributed by atoms with Gasteiger partial charge in [0, 0.05) is 6.42 Å². The molecular formula is C16H22N2O4. The third kappa shape index (κ3) is 5.35. The molecular weight excluding hydrogens is 284 g/mol. The van der Waals surface area contributed by atoms with Gasteiger partial charge in [-0.1, -0.05) is 12.1 Å². The van der Waals surface area contributed by atoms with Crippen LogP contribution in [0.15, 0.2) is 24.3 Å². The maximum absolute atomic E-state index is 12.0. The number of aliphatic hydroxyl groups excluding tert-OH is 1. The zero-order valence-corrected chi connectivity index (χ0v) is 13.3. The van der Waals surface area contributed by atoms with Gasteiger partial charge in [-0.15, -0.1) is 0 Å². The molecule has 0 fully saturated rings. The van der Waals surface area contributed by atoms with Gasteiger partial charge in [-0.3, -0.25) is 5.21 Å². The summed E-state index contributed by atoms with van der Waals surface area (Å²) < 4.78 is 5.13. The Morgan fingerprint density at radius 3 is 2.32 bits per heavy atom. The maximum Gasteiger partial charge on any atom is 0.434 e. The SMILES string of the molecule is CC(O)C[C@@H](c1ccc(C#N)cc1)N(O)C(=O)OC(C)(C)C. The number of benzene rings is 1. The second kappa shape index (κ2) is 7.25. The summed E-state index contributed by atoms with van der Waals surface area (Å²) in [5.41, 5.74) is 0.340. The molecule has 0 heterocycles. The molecule has 2 atom stereocenters. The summed E-state index contributed by atoms with van der Waals surface area (Å²) in [5, 5.41) is 29.1. The monoisotopic (exact) mass is 306 g/mol. The van der Waals surface area contributed by atoms with Crippen LogP contribution in [0.5, 0.6) is 0 Å². The fraction of sp³-hybridized carbons (Fsp3) is 0.500. The second-order valence-corrected chi connectivity index (χ2v) is 6.16. The van der Waals surface area contributed by atoms with Crippen molar-refractivity contribution in [1.29, 1.82) is 5.26 Å². The summed E-state index contributed by atoms with van der Waals surface area (Å²) in [6, 6.07) is 7.70. The van der Waals surface area contributed by atoms with E-state index in [0.717, 1.165) is 0 Å². The first-order valence-electron chi connectivity index (χ1n) is 7.03. The van der Waals surface area contributed by atoms with Crippen LogP contribution in [0.1, 0.15) is 51.3 Å². The molecule has 0 saturated carbocycles. The van der Waals surface area contributed by atoms with E-state index >= 15 is 0 Å². The number of carbonyl (C=O) groups is 1. The van der Waals surface area contributed by atoms with Crippen molar-refractivity contribution in [3.63, 3.8) is 0 Å². The summed E-state index contributed by atoms with van der Waals surface area (Å²) >= 11 is 0. The van der Waals surface area contributed by atoms with Crippen molar-refractivity contribution >= 4 is 6.09 Å². The third-order valence-corrected chi connectivity index (χ3v) is 2.86. The first-order valence-corrected chi connectivity index (χ1v) is 7.03. The molecule has 0 aliphatic heterocycles. The van der Waals surface area contributed by atoms with E-state index in [1.807, 2.05) is 6.07 Å². The Morgan fingerprint density at radius 2 is 1.91 bits per heavy atom. The van der Waals surface area contributed by atoms with E-state index in [9.17, 15) is 15.1 Å². The standard InChI is InChI=1S/C16H22N2O4/c1-11(19)9-14(13-7-5-12(10-17)6-8-13)18(21)15(20)22-16(2,3)4/h5-8,11,14,19,21H,9H2,1-4H3/t11?,14-/m0/s1. The average Bonchev–Trinajstić information content (AvgIpc) is 2.42. The molecule has 0 aliphatic carbocycles. The predicted molar refractivity (Wildman–Crippen MR) is 80.1 cm³/mol. The maximum atomic E-state index is 12.0. The Hall–Kier alpha value is -2.10. The van der Waals surface area contributed by atoms with Gasteiger partial charge in [0.15, 0.2) is 0 Å². The zero-order chi connectivity index (χ0) is 16.9. The fourth-order valence-corrected chi connectivity index (χ4v) is 1.92. The predicted octanol–water partition coefficient (Wildman–Crippen LogP) is 3.00. The molecule has 1 aromatic rings. The number of nitrogens with zero attached hydrogens (tertiary/aromatic N) is 2. The van der Waals surface area contributed by atoms with Gasteiger partial charge in [-0.2, -0.15) is 10.3 Å². The van der Waals surface area contributed by atoms with Gasteiger partial charge in [0.05, 0.1) is 23.8 Å². The number of hydrogen-bond donors (Lipinski definition) is 2. The van der Waals surface area contributed by atoms with Gasteiger partial charge in [-0.25, -0.2) is 4.79 Å². The van der Waals surface area contributed by atoms with Gasteiger partial charge < -0.3 is 9.84 Å². The molecule has 2 N–H and O–H groups in total. The summed E-state index contributed by atoms with van der Waals surface area (Å²) in [6.45, 7) is 6.66. The molecule has 0 bridgehead atoms. The summed E-state index contributed by atoms with van der Waals surface area (Å²) in [7, 11) is 0. The number of hydrogen-bond acceptors (Lipinski definition) is 5. The van der Waals surface area contributed by atoms with Gasteiger partial charge >= 0.3 is 6.09 Å². The lowest BCUT2D eigenvalue weighted by Gasteiger charge is -2.29. The minimum atomic E-state index is -0.887. The van der Waals surface area contributed by atoms with Crippen molar-refractivity contribution in [3.8, 4) is 6.07 Å². The number of ether oxygens (including phenoxy) is 1. The fourth-order valence-electron chi connectivity index (χ4n) is 1.92. The van der Waals surface area contributed by atoms with Gasteiger partial charge in [0.2, 0.25) is 0 Å². The van der Waals surface area contributed by atoms with Crippen molar-refractivity contribution in [2.24, 2.45) is 0 Å². The number of hydroxylamine groups is 2. The highest BCUT2D eigenvalue weighted by Crippen LogP contribution is 2.26. The molecule has 22 heavy (non-hydrogen) atoms. The Balaban J connectivity index is 3.01. The van der Waals surface area contributed by atoms with Crippen LogP contribution in [0.2, 0.25) is 0 Å². The normalized spacial score (nSPS) is 13.9. The third-order valence-electron chi connectivity index (χ3n) is 2.86. The minimum Gasteiger partial charge on any atom is -0.442 e. The molecule has 0 aromatic heterocycles. The van der Waals surface area contributed by atoms with E-state index in [4.69, 9.17) is 10.00 Å².